The van der Waals surface area contributed by atoms with Crippen LogP contribution >= 0.6 is 11.8 Å². The van der Waals surface area contributed by atoms with Crippen molar-refractivity contribution < 1.29 is 19.7 Å². The second-order valence-electron chi connectivity index (χ2n) is 4.96. The predicted octanol–water partition coefficient (Wildman–Crippen LogP) is 1.37. The number of aromatic carboxylic acids is 1. The smallest absolute Gasteiger partial charge is 0.291 e. The normalized spacial score (nSPS) is 10.1. The van der Waals surface area contributed by atoms with Crippen molar-refractivity contribution in [2.45, 2.75) is 10.1 Å². The molecule has 0 aliphatic heterocycles. The topological polar surface area (TPSA) is 207 Å². The number of nitrogens with zero attached hydrogens (tertiary/aromatic N) is 6. The molecule has 0 unspecified atom stereocenters. The average molecular weight is 405 g/mol. The summed E-state index contributed by atoms with van der Waals surface area (Å²) in [6.45, 7) is 0. The van der Waals surface area contributed by atoms with Crippen LogP contribution in [0.15, 0.2) is 52.5 Å². The van der Waals surface area contributed by atoms with E-state index in [1.54, 1.807) is 30.3 Å². The van der Waals surface area contributed by atoms with Crippen molar-refractivity contribution in [3.05, 3.63) is 68.3 Å². The van der Waals surface area contributed by atoms with Crippen LogP contribution in [0.25, 0.3) is 5.69 Å². The summed E-state index contributed by atoms with van der Waals surface area (Å²) in [5.74, 6) is -1.77. The van der Waals surface area contributed by atoms with Gasteiger partial charge in [-0.15, -0.1) is 5.10 Å². The molecule has 1 heterocycles. The number of para-hydroxylation sites is 1. The van der Waals surface area contributed by atoms with Crippen LogP contribution in [0, 0.1) is 20.2 Å². The fourth-order valence-corrected chi connectivity index (χ4v) is 3.12. The summed E-state index contributed by atoms with van der Waals surface area (Å²) in [6, 6.07) is 9.92. The fraction of sp³-hybridized carbons (Fsp3) is 0. The first kappa shape index (κ1) is 20.4. The van der Waals surface area contributed by atoms with Gasteiger partial charge in [0, 0.05) is 17.7 Å². The minimum Gasteiger partial charge on any atom is -0.545 e. The van der Waals surface area contributed by atoms with E-state index in [1.165, 1.54) is 4.68 Å². The van der Waals surface area contributed by atoms with Gasteiger partial charge in [-0.1, -0.05) is 18.2 Å². The van der Waals surface area contributed by atoms with Gasteiger partial charge in [0.05, 0.1) is 21.5 Å². The highest BCUT2D eigenvalue weighted by Gasteiger charge is 2.30. The van der Waals surface area contributed by atoms with Crippen LogP contribution in [0.3, 0.4) is 0 Å². The summed E-state index contributed by atoms with van der Waals surface area (Å²) in [5, 5.41) is 44.7. The van der Waals surface area contributed by atoms with E-state index in [0.29, 0.717) is 29.6 Å². The van der Waals surface area contributed by atoms with Gasteiger partial charge < -0.3 is 16.1 Å². The predicted molar refractivity (Wildman–Crippen MR) is 93.3 cm³/mol. The SMILES string of the molecule is O=C([O-])c1cc([N+](=O)[O-])c(Sc2nnnn2-c2ccccc2)c([N+](=O)[O-])c1.[NH4+]. The fourth-order valence-electron chi connectivity index (χ4n) is 2.16. The molecule has 0 atom stereocenters. The van der Waals surface area contributed by atoms with Gasteiger partial charge in [-0.05, 0) is 34.3 Å². The lowest BCUT2D eigenvalue weighted by Gasteiger charge is -2.08. The molecule has 0 aliphatic carbocycles. The molecule has 0 amide bonds. The molecule has 0 radical (unpaired) electrons. The number of carboxylic acids is 1. The lowest BCUT2D eigenvalue weighted by atomic mass is 10.2. The number of carboxylic acid groups (broad SMARTS) is 1. The number of hydrogen-bond acceptors (Lipinski definition) is 10. The van der Waals surface area contributed by atoms with Crippen molar-refractivity contribution in [3.8, 4) is 5.69 Å². The van der Waals surface area contributed by atoms with E-state index in [-0.39, 0.29) is 11.3 Å². The van der Waals surface area contributed by atoms with Gasteiger partial charge in [-0.3, -0.25) is 20.2 Å². The lowest BCUT2D eigenvalue weighted by molar-refractivity contribution is -0.399. The van der Waals surface area contributed by atoms with Crippen molar-refractivity contribution in [1.29, 1.82) is 0 Å². The molecule has 144 valence electrons. The van der Waals surface area contributed by atoms with Crippen molar-refractivity contribution in [2.75, 3.05) is 0 Å². The van der Waals surface area contributed by atoms with Crippen molar-refractivity contribution in [3.63, 3.8) is 0 Å². The monoisotopic (exact) mass is 405 g/mol. The van der Waals surface area contributed by atoms with E-state index in [2.05, 4.69) is 15.5 Å². The van der Waals surface area contributed by atoms with E-state index in [9.17, 15) is 30.1 Å². The lowest BCUT2D eigenvalue weighted by Crippen LogP contribution is -2.22. The first-order valence-corrected chi connectivity index (χ1v) is 7.90. The largest absolute Gasteiger partial charge is 0.545 e. The van der Waals surface area contributed by atoms with Crippen LogP contribution in [0.4, 0.5) is 11.4 Å². The van der Waals surface area contributed by atoms with E-state index in [0.717, 1.165) is 0 Å². The maximum atomic E-state index is 11.4. The third-order valence-electron chi connectivity index (χ3n) is 3.31. The zero-order valence-electron chi connectivity index (χ0n) is 14.1. The second kappa shape index (κ2) is 8.19. The Labute approximate surface area is 159 Å². The molecular weight excluding hydrogens is 394 g/mol. The number of benzene rings is 2. The quantitative estimate of drug-likeness (QED) is 0.460. The highest BCUT2D eigenvalue weighted by molar-refractivity contribution is 7.99. The number of aromatic nitrogens is 4. The number of tetrazole rings is 1. The highest BCUT2D eigenvalue weighted by atomic mass is 32.2. The maximum absolute atomic E-state index is 11.4. The molecule has 0 bridgehead atoms. The van der Waals surface area contributed by atoms with Gasteiger partial charge in [0.2, 0.25) is 5.16 Å². The first-order valence-electron chi connectivity index (χ1n) is 7.08. The van der Waals surface area contributed by atoms with E-state index >= 15 is 0 Å². The Kier molecular flexibility index (Phi) is 5.97. The van der Waals surface area contributed by atoms with Crippen LogP contribution in [-0.4, -0.2) is 36.0 Å². The molecule has 0 saturated carbocycles. The van der Waals surface area contributed by atoms with Crippen LogP contribution in [0.5, 0.6) is 0 Å². The van der Waals surface area contributed by atoms with Gasteiger partial charge in [-0.25, -0.2) is 0 Å². The standard InChI is InChI=1S/C14H8N6O6S.H3N/c21-13(22)8-6-10(19(23)24)12(11(7-8)20(25)26)27-14-15-16-17-18(14)9-4-2-1-3-5-9;/h1-7H,(H,21,22);1H3. The molecule has 3 rings (SSSR count). The summed E-state index contributed by atoms with van der Waals surface area (Å²) in [5.41, 5.74) is -1.69. The summed E-state index contributed by atoms with van der Waals surface area (Å²) >= 11 is 0.576. The second-order valence-corrected chi connectivity index (χ2v) is 5.93. The first-order chi connectivity index (χ1) is 12.9. The average Bonchev–Trinajstić information content (AvgIpc) is 3.10. The third kappa shape index (κ3) is 3.92. The molecule has 13 nitrogen and oxygen atoms in total. The van der Waals surface area contributed by atoms with Gasteiger partial charge in [-0.2, -0.15) is 4.68 Å². The summed E-state index contributed by atoms with van der Waals surface area (Å²) in [4.78, 5) is 31.5. The molecule has 3 aromatic rings. The molecule has 28 heavy (non-hydrogen) atoms. The highest BCUT2D eigenvalue weighted by Crippen LogP contribution is 2.41. The van der Waals surface area contributed by atoms with E-state index in [1.807, 2.05) is 0 Å². The maximum Gasteiger partial charge on any atom is 0.291 e. The molecular formula is C14H11N7O6S. The Morgan fingerprint density at radius 1 is 1.04 bits per heavy atom. The Balaban J connectivity index is 0.00000280. The molecule has 4 N–H and O–H groups in total. The molecule has 0 aliphatic rings. The Morgan fingerprint density at radius 3 is 2.11 bits per heavy atom. The van der Waals surface area contributed by atoms with Gasteiger partial charge >= 0.3 is 0 Å². The molecule has 0 spiro atoms. The van der Waals surface area contributed by atoms with Gasteiger partial charge in [0.25, 0.3) is 11.4 Å². The van der Waals surface area contributed by atoms with E-state index < -0.39 is 37.6 Å². The molecule has 0 saturated heterocycles. The van der Waals surface area contributed by atoms with Crippen molar-refractivity contribution in [2.24, 2.45) is 0 Å². The molecule has 2 aromatic carbocycles. The Bertz CT molecular complexity index is 1020. The van der Waals surface area contributed by atoms with Crippen LogP contribution in [0.2, 0.25) is 0 Å². The van der Waals surface area contributed by atoms with Gasteiger partial charge in [0.1, 0.15) is 0 Å². The van der Waals surface area contributed by atoms with Crippen LogP contribution < -0.4 is 11.3 Å². The third-order valence-corrected chi connectivity index (χ3v) is 4.37. The summed E-state index contributed by atoms with van der Waals surface area (Å²) in [7, 11) is 0. The molecule has 0 fully saturated rings. The number of nitro benzene ring substituents is 2. The molecule has 14 heteroatoms. The number of hydrogen-bond donors (Lipinski definition) is 1. The van der Waals surface area contributed by atoms with Gasteiger partial charge in [0.15, 0.2) is 4.90 Å². The minimum atomic E-state index is -1.77. The van der Waals surface area contributed by atoms with E-state index in [4.69, 9.17) is 0 Å². The van der Waals surface area contributed by atoms with Crippen LogP contribution in [-0.2, 0) is 0 Å². The minimum absolute atomic E-state index is 0. The number of carbonyl (C=O) groups excluding carboxylic acids is 1. The molecule has 1 aromatic heterocycles. The Morgan fingerprint density at radius 2 is 1.61 bits per heavy atom. The zero-order chi connectivity index (χ0) is 19.6. The number of carbonyl (C=O) groups is 1. The summed E-state index contributed by atoms with van der Waals surface area (Å²) < 4.78 is 1.24. The summed E-state index contributed by atoms with van der Waals surface area (Å²) in [6.07, 6.45) is 0. The number of rotatable bonds is 6. The van der Waals surface area contributed by atoms with Crippen molar-refractivity contribution in [1.82, 2.24) is 26.4 Å². The number of nitro groups is 2. The zero-order valence-corrected chi connectivity index (χ0v) is 14.9. The van der Waals surface area contributed by atoms with Crippen LogP contribution in [0.1, 0.15) is 10.4 Å². The van der Waals surface area contributed by atoms with Crippen molar-refractivity contribution >= 4 is 29.1 Å². The number of quaternary nitrogens is 1. The Hall–Kier alpha value is -3.91.